The molecule has 33 heavy (non-hydrogen) atoms. The second-order valence-corrected chi connectivity index (χ2v) is 7.49. The summed E-state index contributed by atoms with van der Waals surface area (Å²) in [5.41, 5.74) is 2.44. The summed E-state index contributed by atoms with van der Waals surface area (Å²) in [6, 6.07) is 13.6. The van der Waals surface area contributed by atoms with Crippen molar-refractivity contribution >= 4 is 35.1 Å². The number of amides is 2. The van der Waals surface area contributed by atoms with Crippen LogP contribution in [0.1, 0.15) is 54.9 Å². The lowest BCUT2D eigenvalue weighted by molar-refractivity contribution is -0.147. The van der Waals surface area contributed by atoms with Gasteiger partial charge in [-0.1, -0.05) is 38.0 Å². The van der Waals surface area contributed by atoms with E-state index in [1.54, 1.807) is 36.4 Å². The summed E-state index contributed by atoms with van der Waals surface area (Å²) in [6.07, 6.45) is 2.63. The Labute approximate surface area is 193 Å². The third-order valence-electron chi connectivity index (χ3n) is 4.72. The molecule has 0 aromatic heterocycles. The molecular formula is C25H30N2O6. The molecule has 0 aliphatic rings. The van der Waals surface area contributed by atoms with E-state index in [-0.39, 0.29) is 18.7 Å². The first kappa shape index (κ1) is 25.6. The summed E-state index contributed by atoms with van der Waals surface area (Å²) in [6.45, 7) is 3.89. The van der Waals surface area contributed by atoms with Gasteiger partial charge in [0.2, 0.25) is 5.91 Å². The fourth-order valence-corrected chi connectivity index (χ4v) is 2.85. The van der Waals surface area contributed by atoms with Crippen LogP contribution >= 0.6 is 0 Å². The zero-order chi connectivity index (χ0) is 24.1. The lowest BCUT2D eigenvalue weighted by Gasteiger charge is -2.09. The summed E-state index contributed by atoms with van der Waals surface area (Å²) in [7, 11) is 0. The molecule has 0 heterocycles. The number of para-hydroxylation sites is 1. The van der Waals surface area contributed by atoms with Crippen LogP contribution in [0, 0.1) is 6.92 Å². The molecule has 0 aliphatic heterocycles. The summed E-state index contributed by atoms with van der Waals surface area (Å²) in [4.78, 5) is 47.8. The van der Waals surface area contributed by atoms with Crippen molar-refractivity contribution in [1.29, 1.82) is 0 Å². The van der Waals surface area contributed by atoms with Crippen LogP contribution in [0.2, 0.25) is 0 Å². The normalized spacial score (nSPS) is 10.2. The van der Waals surface area contributed by atoms with Gasteiger partial charge in [0, 0.05) is 17.8 Å². The van der Waals surface area contributed by atoms with Crippen molar-refractivity contribution in [3.8, 4) is 0 Å². The van der Waals surface area contributed by atoms with Gasteiger partial charge in [-0.2, -0.15) is 0 Å². The number of anilines is 2. The fourth-order valence-electron chi connectivity index (χ4n) is 2.85. The van der Waals surface area contributed by atoms with Gasteiger partial charge in [0.05, 0.1) is 18.6 Å². The standard InChI is InChI=1S/C25H30N2O6/c1-3-4-7-16-32-25(31)19-10-12-20(13-11-19)26-22(28)14-15-24(30)33-17-23(29)27-21-9-6-5-8-18(21)2/h5-6,8-13H,3-4,7,14-17H2,1-2H3,(H,26,28)(H,27,29). The smallest absolute Gasteiger partial charge is 0.338 e. The molecule has 0 saturated heterocycles. The van der Waals surface area contributed by atoms with Crippen LogP contribution in [0.15, 0.2) is 48.5 Å². The molecule has 2 aromatic carbocycles. The minimum atomic E-state index is -0.647. The van der Waals surface area contributed by atoms with E-state index in [0.717, 1.165) is 24.8 Å². The minimum Gasteiger partial charge on any atom is -0.462 e. The molecule has 0 bridgehead atoms. The predicted molar refractivity (Wildman–Crippen MR) is 125 cm³/mol. The summed E-state index contributed by atoms with van der Waals surface area (Å²) in [5.74, 6) is -1.89. The Balaban J connectivity index is 1.67. The minimum absolute atomic E-state index is 0.0978. The van der Waals surface area contributed by atoms with Gasteiger partial charge in [-0.05, 0) is 49.2 Å². The molecule has 8 heteroatoms. The highest BCUT2D eigenvalue weighted by atomic mass is 16.5. The lowest BCUT2D eigenvalue weighted by Crippen LogP contribution is -2.22. The van der Waals surface area contributed by atoms with Crippen LogP contribution < -0.4 is 10.6 Å². The molecule has 8 nitrogen and oxygen atoms in total. The van der Waals surface area contributed by atoms with E-state index in [0.29, 0.717) is 23.5 Å². The first-order chi connectivity index (χ1) is 15.9. The van der Waals surface area contributed by atoms with Crippen LogP contribution in [0.25, 0.3) is 0 Å². The summed E-state index contributed by atoms with van der Waals surface area (Å²) < 4.78 is 10.1. The zero-order valence-electron chi connectivity index (χ0n) is 19.0. The molecule has 0 spiro atoms. The van der Waals surface area contributed by atoms with Crippen LogP contribution in [-0.2, 0) is 23.9 Å². The molecule has 0 radical (unpaired) electrons. The number of esters is 2. The number of rotatable bonds is 12. The quantitative estimate of drug-likeness (QED) is 0.367. The molecule has 0 atom stereocenters. The van der Waals surface area contributed by atoms with Gasteiger partial charge in [0.25, 0.3) is 5.91 Å². The average Bonchev–Trinajstić information content (AvgIpc) is 2.81. The molecule has 0 aliphatic carbocycles. The molecule has 0 saturated carbocycles. The fraction of sp³-hybridized carbons (Fsp3) is 0.360. The van der Waals surface area contributed by atoms with Gasteiger partial charge in [0.15, 0.2) is 6.61 Å². The van der Waals surface area contributed by atoms with E-state index in [4.69, 9.17) is 9.47 Å². The number of nitrogens with one attached hydrogen (secondary N) is 2. The number of unbranched alkanes of at least 4 members (excludes halogenated alkanes) is 2. The monoisotopic (exact) mass is 454 g/mol. The lowest BCUT2D eigenvalue weighted by atomic mass is 10.2. The van der Waals surface area contributed by atoms with Crippen molar-refractivity contribution < 1.29 is 28.7 Å². The first-order valence-corrected chi connectivity index (χ1v) is 11.0. The van der Waals surface area contributed by atoms with Crippen molar-refractivity contribution in [1.82, 2.24) is 0 Å². The van der Waals surface area contributed by atoms with Crippen molar-refractivity contribution in [3.63, 3.8) is 0 Å². The van der Waals surface area contributed by atoms with Crippen molar-refractivity contribution in [2.75, 3.05) is 23.8 Å². The predicted octanol–water partition coefficient (Wildman–Crippen LogP) is 4.24. The van der Waals surface area contributed by atoms with Crippen LogP contribution in [0.5, 0.6) is 0 Å². The Bertz CT molecular complexity index is 956. The highest BCUT2D eigenvalue weighted by molar-refractivity contribution is 5.95. The number of carbonyl (C=O) groups is 4. The van der Waals surface area contributed by atoms with Gasteiger partial charge in [-0.15, -0.1) is 0 Å². The molecular weight excluding hydrogens is 424 g/mol. The molecule has 2 amide bonds. The number of benzene rings is 2. The van der Waals surface area contributed by atoms with E-state index in [1.165, 1.54) is 0 Å². The van der Waals surface area contributed by atoms with Gasteiger partial charge >= 0.3 is 11.9 Å². The largest absolute Gasteiger partial charge is 0.462 e. The van der Waals surface area contributed by atoms with E-state index < -0.39 is 24.5 Å². The SMILES string of the molecule is CCCCCOC(=O)c1ccc(NC(=O)CCC(=O)OCC(=O)Nc2ccccc2C)cc1. The molecule has 2 rings (SSSR count). The van der Waals surface area contributed by atoms with Crippen LogP contribution in [0.4, 0.5) is 11.4 Å². The maximum atomic E-state index is 12.1. The Hall–Kier alpha value is -3.68. The Morgan fingerprint density at radius 2 is 1.55 bits per heavy atom. The van der Waals surface area contributed by atoms with Gasteiger partial charge < -0.3 is 20.1 Å². The number of carbonyl (C=O) groups excluding carboxylic acids is 4. The maximum absolute atomic E-state index is 12.1. The van der Waals surface area contributed by atoms with Crippen molar-refractivity contribution in [2.24, 2.45) is 0 Å². The zero-order valence-corrected chi connectivity index (χ0v) is 19.0. The Morgan fingerprint density at radius 1 is 0.818 bits per heavy atom. The maximum Gasteiger partial charge on any atom is 0.338 e. The molecule has 0 unspecified atom stereocenters. The topological polar surface area (TPSA) is 111 Å². The molecule has 176 valence electrons. The van der Waals surface area contributed by atoms with E-state index in [9.17, 15) is 19.2 Å². The summed E-state index contributed by atoms with van der Waals surface area (Å²) in [5, 5.41) is 5.31. The number of hydrogen-bond acceptors (Lipinski definition) is 6. The highest BCUT2D eigenvalue weighted by Gasteiger charge is 2.12. The third kappa shape index (κ3) is 9.55. The van der Waals surface area contributed by atoms with Crippen LogP contribution in [-0.4, -0.2) is 37.0 Å². The first-order valence-electron chi connectivity index (χ1n) is 11.0. The van der Waals surface area contributed by atoms with Gasteiger partial charge in [-0.25, -0.2) is 4.79 Å². The Kier molecular flexibility index (Phi) is 10.6. The number of hydrogen-bond donors (Lipinski definition) is 2. The highest BCUT2D eigenvalue weighted by Crippen LogP contribution is 2.13. The average molecular weight is 455 g/mol. The van der Waals surface area contributed by atoms with Gasteiger partial charge in [-0.3, -0.25) is 14.4 Å². The third-order valence-corrected chi connectivity index (χ3v) is 4.72. The van der Waals surface area contributed by atoms with Gasteiger partial charge in [0.1, 0.15) is 0 Å². The van der Waals surface area contributed by atoms with Crippen molar-refractivity contribution in [2.45, 2.75) is 46.0 Å². The van der Waals surface area contributed by atoms with E-state index >= 15 is 0 Å². The summed E-state index contributed by atoms with van der Waals surface area (Å²) >= 11 is 0. The number of ether oxygens (including phenoxy) is 2. The Morgan fingerprint density at radius 3 is 2.24 bits per heavy atom. The van der Waals surface area contributed by atoms with E-state index in [2.05, 4.69) is 17.6 Å². The molecule has 0 fully saturated rings. The van der Waals surface area contributed by atoms with Crippen molar-refractivity contribution in [3.05, 3.63) is 59.7 Å². The molecule has 2 N–H and O–H groups in total. The second kappa shape index (κ2) is 13.7. The second-order valence-electron chi connectivity index (χ2n) is 7.49. The van der Waals surface area contributed by atoms with E-state index in [1.807, 2.05) is 19.1 Å². The number of aryl methyl sites for hydroxylation is 1. The molecule has 2 aromatic rings. The van der Waals surface area contributed by atoms with Crippen LogP contribution in [0.3, 0.4) is 0 Å².